The van der Waals surface area contributed by atoms with Gasteiger partial charge in [-0.25, -0.2) is 0 Å². The fourth-order valence-corrected chi connectivity index (χ4v) is 3.82. The molecule has 0 aliphatic carbocycles. The number of ether oxygens (including phenoxy) is 1. The Morgan fingerprint density at radius 3 is 2.16 bits per heavy atom. The number of hydrogen-bond acceptors (Lipinski definition) is 3. The maximum Gasteiger partial charge on any atom is 0.313 e. The van der Waals surface area contributed by atoms with E-state index in [1.165, 1.54) is 51.4 Å². The first-order chi connectivity index (χ1) is 12.2. The molecule has 3 nitrogen and oxygen atoms in total. The third kappa shape index (κ3) is 10.5. The predicted molar refractivity (Wildman–Crippen MR) is 105 cm³/mol. The van der Waals surface area contributed by atoms with Crippen LogP contribution in [0, 0.1) is 5.92 Å². The van der Waals surface area contributed by atoms with Gasteiger partial charge < -0.3 is 9.84 Å². The van der Waals surface area contributed by atoms with Crippen LogP contribution in [0.25, 0.3) is 0 Å². The summed E-state index contributed by atoms with van der Waals surface area (Å²) in [7, 11) is 0. The standard InChI is InChI=1S/C21H39ClO3/c1-2-3-4-5-6-7-8-9-11-14-18(23)17-20-19(21(24)25-20)15-12-10-13-16-22/h18-20,23H,2-17H2,1H3/t18-,19+,20+/m0/s1. The molecule has 0 aromatic heterocycles. The van der Waals surface area contributed by atoms with Crippen molar-refractivity contribution in [3.63, 3.8) is 0 Å². The molecule has 1 N–H and O–H groups in total. The highest BCUT2D eigenvalue weighted by Gasteiger charge is 2.42. The SMILES string of the molecule is CCCCCCCCCCC[C@H](O)C[C@H]1OC(=O)[C@@H]1CCCCCCl. The zero-order valence-corrected chi connectivity index (χ0v) is 16.9. The summed E-state index contributed by atoms with van der Waals surface area (Å²) < 4.78 is 5.25. The Balaban J connectivity index is 1.98. The number of aliphatic hydroxyl groups is 1. The zero-order valence-electron chi connectivity index (χ0n) is 16.2. The zero-order chi connectivity index (χ0) is 18.3. The Labute approximate surface area is 159 Å². The third-order valence-corrected chi connectivity index (χ3v) is 5.58. The van der Waals surface area contributed by atoms with E-state index in [1.807, 2.05) is 0 Å². The maximum atomic E-state index is 11.6. The van der Waals surface area contributed by atoms with E-state index >= 15 is 0 Å². The number of alkyl halides is 1. The molecule has 25 heavy (non-hydrogen) atoms. The van der Waals surface area contributed by atoms with Crippen LogP contribution in [0.1, 0.15) is 103 Å². The second-order valence-electron chi connectivity index (χ2n) is 7.63. The van der Waals surface area contributed by atoms with Crippen LogP contribution in [0.15, 0.2) is 0 Å². The highest BCUT2D eigenvalue weighted by Crippen LogP contribution is 2.31. The van der Waals surface area contributed by atoms with E-state index in [9.17, 15) is 9.90 Å². The van der Waals surface area contributed by atoms with Crippen LogP contribution in [0.2, 0.25) is 0 Å². The quantitative estimate of drug-likeness (QED) is 0.193. The van der Waals surface area contributed by atoms with Gasteiger partial charge in [-0.15, -0.1) is 11.6 Å². The minimum absolute atomic E-state index is 0.00750. The van der Waals surface area contributed by atoms with E-state index < -0.39 is 0 Å². The number of carbonyl (C=O) groups excluding carboxylic acids is 1. The minimum atomic E-state index is -0.326. The Morgan fingerprint density at radius 1 is 0.960 bits per heavy atom. The molecule has 1 saturated heterocycles. The van der Waals surface area contributed by atoms with E-state index in [1.54, 1.807) is 0 Å². The van der Waals surface area contributed by atoms with Gasteiger partial charge >= 0.3 is 5.97 Å². The summed E-state index contributed by atoms with van der Waals surface area (Å²) >= 11 is 5.67. The first-order valence-corrected chi connectivity index (χ1v) is 11.2. The number of unbranched alkanes of at least 4 members (excludes halogenated alkanes) is 10. The Bertz CT molecular complexity index is 335. The molecule has 0 aromatic carbocycles. The molecule has 1 aliphatic rings. The Morgan fingerprint density at radius 2 is 1.56 bits per heavy atom. The molecule has 0 bridgehead atoms. The van der Waals surface area contributed by atoms with Crippen molar-refractivity contribution >= 4 is 17.6 Å². The van der Waals surface area contributed by atoms with Crippen LogP contribution in [0.4, 0.5) is 0 Å². The lowest BCUT2D eigenvalue weighted by atomic mass is 9.86. The summed E-state index contributed by atoms with van der Waals surface area (Å²) in [5, 5.41) is 10.2. The first kappa shape index (κ1) is 22.8. The van der Waals surface area contributed by atoms with E-state index in [0.29, 0.717) is 12.3 Å². The molecule has 0 spiro atoms. The van der Waals surface area contributed by atoms with Crippen LogP contribution in [0.5, 0.6) is 0 Å². The second-order valence-corrected chi connectivity index (χ2v) is 8.00. The topological polar surface area (TPSA) is 46.5 Å². The predicted octanol–water partition coefficient (Wildman–Crippen LogP) is 6.00. The fraction of sp³-hybridized carbons (Fsp3) is 0.952. The van der Waals surface area contributed by atoms with E-state index in [-0.39, 0.29) is 24.1 Å². The van der Waals surface area contributed by atoms with Crippen LogP contribution in [-0.4, -0.2) is 29.2 Å². The maximum absolute atomic E-state index is 11.6. The van der Waals surface area contributed by atoms with Crippen LogP contribution >= 0.6 is 11.6 Å². The second kappa shape index (κ2) is 14.8. The van der Waals surface area contributed by atoms with Crippen LogP contribution < -0.4 is 0 Å². The van der Waals surface area contributed by atoms with Gasteiger partial charge in [-0.05, 0) is 19.3 Å². The molecular formula is C21H39ClO3. The van der Waals surface area contributed by atoms with Gasteiger partial charge in [0.05, 0.1) is 12.0 Å². The normalized spacial score (nSPS) is 21.0. The molecule has 1 fully saturated rings. The van der Waals surface area contributed by atoms with Crippen molar-refractivity contribution < 1.29 is 14.6 Å². The highest BCUT2D eigenvalue weighted by molar-refractivity contribution is 6.17. The number of halogens is 1. The first-order valence-electron chi connectivity index (χ1n) is 10.6. The summed E-state index contributed by atoms with van der Waals surface area (Å²) in [4.78, 5) is 11.6. The van der Waals surface area contributed by atoms with Crippen molar-refractivity contribution in [2.45, 2.75) is 115 Å². The van der Waals surface area contributed by atoms with E-state index in [0.717, 1.165) is 38.5 Å². The molecule has 0 amide bonds. The van der Waals surface area contributed by atoms with Gasteiger partial charge in [0.2, 0.25) is 0 Å². The average Bonchev–Trinajstić information content (AvgIpc) is 2.59. The fourth-order valence-electron chi connectivity index (χ4n) is 3.63. The summed E-state index contributed by atoms with van der Waals surface area (Å²) in [6.07, 6.45) is 16.7. The number of rotatable bonds is 17. The molecule has 3 atom stereocenters. The van der Waals surface area contributed by atoms with Crippen molar-refractivity contribution in [3.05, 3.63) is 0 Å². The smallest absolute Gasteiger partial charge is 0.313 e. The van der Waals surface area contributed by atoms with Gasteiger partial charge in [0, 0.05) is 12.3 Å². The number of esters is 1. The lowest BCUT2D eigenvalue weighted by Crippen LogP contribution is -2.46. The lowest BCUT2D eigenvalue weighted by Gasteiger charge is -2.36. The molecule has 0 saturated carbocycles. The molecule has 1 rings (SSSR count). The minimum Gasteiger partial charge on any atom is -0.461 e. The molecule has 0 unspecified atom stereocenters. The number of hydrogen-bond donors (Lipinski definition) is 1. The summed E-state index contributed by atoms with van der Waals surface area (Å²) in [5.41, 5.74) is 0. The number of aliphatic hydroxyl groups excluding tert-OH is 1. The Kier molecular flexibility index (Phi) is 13.5. The Hall–Kier alpha value is -0.280. The van der Waals surface area contributed by atoms with Gasteiger partial charge in [0.1, 0.15) is 6.10 Å². The largest absolute Gasteiger partial charge is 0.461 e. The van der Waals surface area contributed by atoms with Gasteiger partial charge in [-0.3, -0.25) is 4.79 Å². The molecular weight excluding hydrogens is 336 g/mol. The van der Waals surface area contributed by atoms with Crippen molar-refractivity contribution in [1.82, 2.24) is 0 Å². The van der Waals surface area contributed by atoms with Crippen molar-refractivity contribution in [1.29, 1.82) is 0 Å². The molecule has 1 aliphatic heterocycles. The van der Waals surface area contributed by atoms with Crippen molar-refractivity contribution in [2.24, 2.45) is 5.92 Å². The summed E-state index contributed by atoms with van der Waals surface area (Å²) in [6.45, 7) is 2.25. The molecule has 0 aromatic rings. The van der Waals surface area contributed by atoms with Gasteiger partial charge in [0.25, 0.3) is 0 Å². The van der Waals surface area contributed by atoms with E-state index in [4.69, 9.17) is 16.3 Å². The molecule has 0 radical (unpaired) electrons. The number of cyclic esters (lactones) is 1. The van der Waals surface area contributed by atoms with Gasteiger partial charge in [0.15, 0.2) is 0 Å². The van der Waals surface area contributed by atoms with Crippen LogP contribution in [-0.2, 0) is 9.53 Å². The molecule has 148 valence electrons. The highest BCUT2D eigenvalue weighted by atomic mass is 35.5. The summed E-state index contributed by atoms with van der Waals surface area (Å²) in [6, 6.07) is 0. The van der Waals surface area contributed by atoms with Crippen LogP contribution in [0.3, 0.4) is 0 Å². The number of carbonyl (C=O) groups is 1. The van der Waals surface area contributed by atoms with Crippen molar-refractivity contribution in [2.75, 3.05) is 5.88 Å². The monoisotopic (exact) mass is 374 g/mol. The van der Waals surface area contributed by atoms with E-state index in [2.05, 4.69) is 6.92 Å². The average molecular weight is 375 g/mol. The van der Waals surface area contributed by atoms with Gasteiger partial charge in [-0.2, -0.15) is 0 Å². The molecule has 1 heterocycles. The molecule has 4 heteroatoms. The third-order valence-electron chi connectivity index (χ3n) is 5.31. The van der Waals surface area contributed by atoms with Gasteiger partial charge in [-0.1, -0.05) is 77.6 Å². The summed E-state index contributed by atoms with van der Waals surface area (Å²) in [5.74, 6) is 0.620. The van der Waals surface area contributed by atoms with Crippen molar-refractivity contribution in [3.8, 4) is 0 Å². The lowest BCUT2D eigenvalue weighted by molar-refractivity contribution is -0.188.